The number of carbonyl (C=O) groups excluding carboxylic acids is 2. The van der Waals surface area contributed by atoms with Gasteiger partial charge in [-0.1, -0.05) is 6.92 Å². The average molecular weight is 269 g/mol. The third-order valence-electron chi connectivity index (χ3n) is 4.14. The molecule has 0 aromatic carbocycles. The van der Waals surface area contributed by atoms with Gasteiger partial charge in [0.2, 0.25) is 5.91 Å². The number of primary amides is 1. The lowest BCUT2D eigenvalue weighted by Crippen LogP contribution is -2.36. The van der Waals surface area contributed by atoms with Crippen LogP contribution in [0.3, 0.4) is 0 Å². The summed E-state index contributed by atoms with van der Waals surface area (Å²) in [5, 5.41) is 0. The highest BCUT2D eigenvalue weighted by molar-refractivity contribution is 5.76. The Kier molecular flexibility index (Phi) is 4.99. The van der Waals surface area contributed by atoms with Crippen LogP contribution in [0.5, 0.6) is 0 Å². The minimum atomic E-state index is -0.434. The van der Waals surface area contributed by atoms with Gasteiger partial charge in [0.25, 0.3) is 0 Å². The number of ether oxygens (including phenoxy) is 1. The summed E-state index contributed by atoms with van der Waals surface area (Å²) in [7, 11) is 0. The minimum Gasteiger partial charge on any atom is -0.460 e. The predicted octanol–water partition coefficient (Wildman–Crippen LogP) is 2.79. The molecule has 1 aliphatic carbocycles. The Hall–Kier alpha value is -1.06. The Morgan fingerprint density at radius 2 is 1.79 bits per heavy atom. The number of hydrogen-bond donors (Lipinski definition) is 1. The number of nitrogens with two attached hydrogens (primary N) is 1. The van der Waals surface area contributed by atoms with Gasteiger partial charge in [0.15, 0.2) is 0 Å². The highest BCUT2D eigenvalue weighted by atomic mass is 16.6. The van der Waals surface area contributed by atoms with Crippen LogP contribution in [0.25, 0.3) is 0 Å². The highest BCUT2D eigenvalue weighted by Gasteiger charge is 2.38. The van der Waals surface area contributed by atoms with E-state index in [-0.39, 0.29) is 23.2 Å². The van der Waals surface area contributed by atoms with E-state index in [1.165, 1.54) is 0 Å². The fraction of sp³-hybridized carbons (Fsp3) is 0.867. The van der Waals surface area contributed by atoms with E-state index >= 15 is 0 Å². The van der Waals surface area contributed by atoms with Crippen molar-refractivity contribution in [1.29, 1.82) is 0 Å². The van der Waals surface area contributed by atoms with Crippen molar-refractivity contribution in [2.75, 3.05) is 0 Å². The molecule has 1 saturated carbocycles. The van der Waals surface area contributed by atoms with Crippen LogP contribution in [0, 0.1) is 11.3 Å². The maximum absolute atomic E-state index is 12.0. The normalized spacial score (nSPS) is 27.9. The summed E-state index contributed by atoms with van der Waals surface area (Å²) >= 11 is 0. The first-order valence-electron chi connectivity index (χ1n) is 7.19. The van der Waals surface area contributed by atoms with E-state index in [1.54, 1.807) is 0 Å². The van der Waals surface area contributed by atoms with Crippen molar-refractivity contribution in [2.45, 2.75) is 71.8 Å². The van der Waals surface area contributed by atoms with Crippen molar-refractivity contribution in [1.82, 2.24) is 0 Å². The highest BCUT2D eigenvalue weighted by Crippen LogP contribution is 2.44. The van der Waals surface area contributed by atoms with Gasteiger partial charge in [-0.05, 0) is 58.3 Å². The van der Waals surface area contributed by atoms with Crippen LogP contribution in [-0.2, 0) is 14.3 Å². The number of amides is 1. The van der Waals surface area contributed by atoms with Gasteiger partial charge < -0.3 is 10.5 Å². The Bertz CT molecular complexity index is 336. The zero-order valence-electron chi connectivity index (χ0n) is 12.6. The van der Waals surface area contributed by atoms with E-state index in [1.807, 2.05) is 20.8 Å². The molecule has 0 unspecified atom stereocenters. The summed E-state index contributed by atoms with van der Waals surface area (Å²) in [6.07, 6.45) is 4.76. The van der Waals surface area contributed by atoms with Crippen LogP contribution in [0.2, 0.25) is 0 Å². The molecule has 110 valence electrons. The van der Waals surface area contributed by atoms with Gasteiger partial charge >= 0.3 is 5.97 Å². The smallest absolute Gasteiger partial charge is 0.306 e. The fourth-order valence-electron chi connectivity index (χ4n) is 2.85. The zero-order chi connectivity index (χ0) is 14.7. The van der Waals surface area contributed by atoms with Gasteiger partial charge in [0, 0.05) is 5.92 Å². The Morgan fingerprint density at radius 1 is 1.26 bits per heavy atom. The molecule has 1 aliphatic rings. The second kappa shape index (κ2) is 5.93. The lowest BCUT2D eigenvalue weighted by atomic mass is 9.67. The molecule has 2 N–H and O–H groups in total. The first kappa shape index (κ1) is 16.0. The number of rotatable bonds is 4. The van der Waals surface area contributed by atoms with E-state index in [9.17, 15) is 9.59 Å². The van der Waals surface area contributed by atoms with Crippen molar-refractivity contribution < 1.29 is 14.3 Å². The molecule has 0 bridgehead atoms. The second-order valence-corrected chi connectivity index (χ2v) is 6.79. The van der Waals surface area contributed by atoms with Crippen molar-refractivity contribution in [3.63, 3.8) is 0 Å². The van der Waals surface area contributed by atoms with Crippen molar-refractivity contribution >= 4 is 11.9 Å². The van der Waals surface area contributed by atoms with Gasteiger partial charge in [-0.3, -0.25) is 9.59 Å². The van der Waals surface area contributed by atoms with Crippen LogP contribution in [0.1, 0.15) is 66.2 Å². The monoisotopic (exact) mass is 269 g/mol. The van der Waals surface area contributed by atoms with E-state index in [0.717, 1.165) is 32.1 Å². The van der Waals surface area contributed by atoms with Gasteiger partial charge in [0.1, 0.15) is 5.60 Å². The van der Waals surface area contributed by atoms with Crippen molar-refractivity contribution in [3.05, 3.63) is 0 Å². The standard InChI is InChI=1S/C15H27NO3/c1-5-15(10-12(17)19-14(2,3)4)8-6-11(7-9-15)13(16)18/h11H,5-10H2,1-4H3,(H2,16,18). The molecule has 1 rings (SSSR count). The molecule has 0 aromatic heterocycles. The van der Waals surface area contributed by atoms with E-state index < -0.39 is 5.60 Å². The third-order valence-corrected chi connectivity index (χ3v) is 4.14. The molecule has 0 radical (unpaired) electrons. The molecule has 0 saturated heterocycles. The fourth-order valence-corrected chi connectivity index (χ4v) is 2.85. The molecule has 1 fully saturated rings. The zero-order valence-corrected chi connectivity index (χ0v) is 12.6. The summed E-state index contributed by atoms with van der Waals surface area (Å²) in [5.74, 6) is -0.354. The van der Waals surface area contributed by atoms with E-state index in [2.05, 4.69) is 6.92 Å². The second-order valence-electron chi connectivity index (χ2n) is 6.79. The summed E-state index contributed by atoms with van der Waals surface area (Å²) in [5.41, 5.74) is 4.91. The van der Waals surface area contributed by atoms with Crippen LogP contribution >= 0.6 is 0 Å². The maximum Gasteiger partial charge on any atom is 0.306 e. The quantitative estimate of drug-likeness (QED) is 0.798. The SMILES string of the molecule is CCC1(CC(=O)OC(C)(C)C)CCC(C(N)=O)CC1. The van der Waals surface area contributed by atoms with Crippen LogP contribution in [0.4, 0.5) is 0 Å². The molecule has 0 aromatic rings. The molecule has 4 heteroatoms. The van der Waals surface area contributed by atoms with E-state index in [4.69, 9.17) is 10.5 Å². The largest absolute Gasteiger partial charge is 0.460 e. The molecular weight excluding hydrogens is 242 g/mol. The summed E-state index contributed by atoms with van der Waals surface area (Å²) in [6.45, 7) is 7.75. The molecule has 4 nitrogen and oxygen atoms in total. The van der Waals surface area contributed by atoms with Crippen LogP contribution in [-0.4, -0.2) is 17.5 Å². The molecule has 0 spiro atoms. The van der Waals surface area contributed by atoms with E-state index in [0.29, 0.717) is 6.42 Å². The first-order chi connectivity index (χ1) is 8.67. The molecule has 0 heterocycles. The average Bonchev–Trinajstić information content (AvgIpc) is 2.26. The number of esters is 1. The molecule has 0 aliphatic heterocycles. The van der Waals surface area contributed by atoms with Gasteiger partial charge in [0.05, 0.1) is 6.42 Å². The minimum absolute atomic E-state index is 0.00567. The summed E-state index contributed by atoms with van der Waals surface area (Å²) < 4.78 is 5.41. The Balaban J connectivity index is 2.59. The van der Waals surface area contributed by atoms with Gasteiger partial charge in [-0.2, -0.15) is 0 Å². The lowest BCUT2D eigenvalue weighted by molar-refractivity contribution is -0.158. The van der Waals surface area contributed by atoms with Crippen molar-refractivity contribution in [3.8, 4) is 0 Å². The Labute approximate surface area is 116 Å². The lowest BCUT2D eigenvalue weighted by Gasteiger charge is -2.38. The molecular formula is C15H27NO3. The number of carbonyl (C=O) groups is 2. The van der Waals surface area contributed by atoms with Crippen LogP contribution < -0.4 is 5.73 Å². The molecule has 1 amide bonds. The summed E-state index contributed by atoms with van der Waals surface area (Å²) in [4.78, 5) is 23.2. The summed E-state index contributed by atoms with van der Waals surface area (Å²) in [6, 6.07) is 0. The third kappa shape index (κ3) is 4.84. The molecule has 0 atom stereocenters. The van der Waals surface area contributed by atoms with Gasteiger partial charge in [-0.25, -0.2) is 0 Å². The van der Waals surface area contributed by atoms with Crippen molar-refractivity contribution in [2.24, 2.45) is 17.1 Å². The molecule has 19 heavy (non-hydrogen) atoms. The first-order valence-corrected chi connectivity index (χ1v) is 7.19. The maximum atomic E-state index is 12.0. The Morgan fingerprint density at radius 3 is 2.16 bits per heavy atom. The van der Waals surface area contributed by atoms with Gasteiger partial charge in [-0.15, -0.1) is 0 Å². The van der Waals surface area contributed by atoms with Crippen LogP contribution in [0.15, 0.2) is 0 Å². The topological polar surface area (TPSA) is 69.4 Å². The predicted molar refractivity (Wildman–Crippen MR) is 74.3 cm³/mol. The number of hydrogen-bond acceptors (Lipinski definition) is 3.